The molecule has 1 heterocycles. The predicted molar refractivity (Wildman–Crippen MR) is 59.8 cm³/mol. The van der Waals surface area contributed by atoms with Crippen LogP contribution in [-0.2, 0) is 10.1 Å². The van der Waals surface area contributed by atoms with E-state index in [1.165, 1.54) is 6.08 Å². The maximum atomic E-state index is 10.5. The van der Waals surface area contributed by atoms with Gasteiger partial charge in [0.2, 0.25) is 0 Å². The average molecular weight is 386 g/mol. The van der Waals surface area contributed by atoms with E-state index < -0.39 is 30.8 Å². The van der Waals surface area contributed by atoms with Gasteiger partial charge in [-0.3, -0.25) is 4.55 Å². The normalized spacial score (nSPS) is 18.7. The lowest BCUT2D eigenvalue weighted by Crippen LogP contribution is -2.08. The summed E-state index contributed by atoms with van der Waals surface area (Å²) >= 11 is -0.539. The lowest BCUT2D eigenvalue weighted by Gasteiger charge is -1.95. The van der Waals surface area contributed by atoms with Gasteiger partial charge >= 0.3 is 0 Å². The topological polar surface area (TPSA) is 54.4 Å². The molecule has 0 radical (unpaired) electrons. The highest BCUT2D eigenvalue weighted by Crippen LogP contribution is 2.15. The van der Waals surface area contributed by atoms with Crippen LogP contribution in [0.3, 0.4) is 0 Å². The van der Waals surface area contributed by atoms with Crippen molar-refractivity contribution in [1.82, 2.24) is 0 Å². The van der Waals surface area contributed by atoms with Gasteiger partial charge < -0.3 is 0 Å². The minimum Gasteiger partial charge on any atom is -0.281 e. The summed E-state index contributed by atoms with van der Waals surface area (Å²) < 4.78 is 33.6. The summed E-state index contributed by atoms with van der Waals surface area (Å²) in [6, 6.07) is 0. The minimum atomic E-state index is -3.86. The van der Waals surface area contributed by atoms with E-state index in [0.717, 1.165) is 0 Å². The van der Waals surface area contributed by atoms with Gasteiger partial charge in [-0.05, 0) is 10.2 Å². The standard InChI is InChI=1S/C4H4I2O3S/c7-10(8,9)4-1-2-5-3-6-4/h1-3H,(H,7,8,9). The van der Waals surface area contributed by atoms with E-state index in [4.69, 9.17) is 4.55 Å². The minimum absolute atomic E-state index is 0.0138. The Morgan fingerprint density at radius 3 is 2.50 bits per heavy atom. The molecule has 1 aliphatic rings. The molecule has 0 spiro atoms. The van der Waals surface area contributed by atoms with Crippen molar-refractivity contribution in [3.63, 3.8) is 0 Å². The van der Waals surface area contributed by atoms with E-state index in [0.29, 0.717) is 0 Å². The predicted octanol–water partition coefficient (Wildman–Crippen LogP) is 1.23. The fourth-order valence-electron chi connectivity index (χ4n) is 0.356. The van der Waals surface area contributed by atoms with Gasteiger partial charge in [0.1, 0.15) is 2.84 Å². The van der Waals surface area contributed by atoms with Crippen LogP contribution >= 0.6 is 41.5 Å². The number of rotatable bonds is 1. The molecular weight excluding hydrogens is 382 g/mol. The molecule has 1 N–H and O–H groups in total. The third-order valence-electron chi connectivity index (χ3n) is 0.710. The van der Waals surface area contributed by atoms with Gasteiger partial charge in [-0.15, -0.1) is 0 Å². The first-order valence-corrected chi connectivity index (χ1v) is 8.44. The van der Waals surface area contributed by atoms with Crippen LogP contribution in [0.1, 0.15) is 0 Å². The fourth-order valence-corrected chi connectivity index (χ4v) is 9.12. The Bertz CT molecular complexity index is 311. The molecule has 0 saturated heterocycles. The Morgan fingerprint density at radius 1 is 1.50 bits per heavy atom. The molecule has 0 bridgehead atoms. The van der Waals surface area contributed by atoms with E-state index in [9.17, 15) is 8.42 Å². The Hall–Kier alpha value is 0.850. The van der Waals surface area contributed by atoms with Crippen molar-refractivity contribution in [3.8, 4) is 0 Å². The fraction of sp³-hybridized carbons (Fsp3) is 0. The zero-order valence-electron chi connectivity index (χ0n) is 4.66. The van der Waals surface area contributed by atoms with Gasteiger partial charge in [0.25, 0.3) is 10.1 Å². The van der Waals surface area contributed by atoms with Crippen LogP contribution in [0.2, 0.25) is 0 Å². The molecule has 0 amide bonds. The molecule has 0 atom stereocenters. The summed E-state index contributed by atoms with van der Waals surface area (Å²) in [4.78, 5) is 0. The molecule has 0 aliphatic carbocycles. The Kier molecular flexibility index (Phi) is 3.13. The summed E-state index contributed by atoms with van der Waals surface area (Å²) in [6.07, 6.45) is 1.54. The summed E-state index contributed by atoms with van der Waals surface area (Å²) in [5.41, 5.74) is 0. The number of hydrogen-bond donors (Lipinski definition) is 1. The molecular formula is C4H4I2O3S. The van der Waals surface area contributed by atoms with Crippen molar-refractivity contribution in [2.45, 2.75) is 0 Å². The second kappa shape index (κ2) is 3.50. The van der Waals surface area contributed by atoms with Crippen LogP contribution in [-0.4, -0.2) is 17.8 Å². The molecule has 0 aromatic carbocycles. The Labute approximate surface area is 78.8 Å². The van der Waals surface area contributed by atoms with Crippen molar-refractivity contribution in [3.05, 3.63) is 10.2 Å². The van der Waals surface area contributed by atoms with Crippen LogP contribution < -0.4 is 0 Å². The number of halogens is 2. The smallest absolute Gasteiger partial charge is 0.281 e. The van der Waals surface area contributed by atoms with E-state index >= 15 is 0 Å². The van der Waals surface area contributed by atoms with Gasteiger partial charge in [0.15, 0.2) is 0 Å². The van der Waals surface area contributed by atoms with Crippen LogP contribution in [0.5, 0.6) is 0 Å². The summed E-state index contributed by atoms with van der Waals surface area (Å²) in [5, 5.41) is 0. The molecule has 10 heavy (non-hydrogen) atoms. The maximum absolute atomic E-state index is 10.5. The van der Waals surface area contributed by atoms with Crippen LogP contribution in [0, 0.1) is 0 Å². The first-order chi connectivity index (χ1) is 4.61. The summed E-state index contributed by atoms with van der Waals surface area (Å²) in [7, 11) is -3.86. The highest BCUT2D eigenvalue weighted by molar-refractivity contribution is 14.3. The van der Waals surface area contributed by atoms with E-state index in [1.807, 2.05) is 6.10 Å². The van der Waals surface area contributed by atoms with Crippen molar-refractivity contribution in [1.29, 1.82) is 0 Å². The largest absolute Gasteiger partial charge is 0.300 e. The SMILES string of the molecule is O=S(=O)(O)C1=IC=IC=C1. The molecule has 3 nitrogen and oxygen atoms in total. The first-order valence-electron chi connectivity index (χ1n) is 2.19. The van der Waals surface area contributed by atoms with Crippen molar-refractivity contribution in [2.75, 3.05) is 0 Å². The quantitative estimate of drug-likeness (QED) is 0.545. The Balaban J connectivity index is 3.08. The molecule has 0 aromatic rings. The number of hydrogen-bond acceptors (Lipinski definition) is 2. The van der Waals surface area contributed by atoms with E-state index in [1.54, 1.807) is 0 Å². The molecule has 58 valence electrons. The molecule has 6 heteroatoms. The van der Waals surface area contributed by atoms with Crippen LogP contribution in [0.4, 0.5) is 0 Å². The molecule has 0 fully saturated rings. The second-order valence-electron chi connectivity index (χ2n) is 1.39. The highest BCUT2D eigenvalue weighted by atomic mass is 127. The third kappa shape index (κ3) is 2.47. The van der Waals surface area contributed by atoms with Gasteiger partial charge in [0.05, 0.1) is 0 Å². The molecule has 1 aliphatic heterocycles. The second-order valence-corrected chi connectivity index (χ2v) is 10.4. The van der Waals surface area contributed by atoms with E-state index in [2.05, 4.69) is 0 Å². The molecule has 0 unspecified atom stereocenters. The molecule has 0 saturated carbocycles. The monoisotopic (exact) mass is 386 g/mol. The van der Waals surface area contributed by atoms with Crippen molar-refractivity contribution < 1.29 is 13.0 Å². The summed E-state index contributed by atoms with van der Waals surface area (Å²) in [6.45, 7) is 0. The zero-order valence-corrected chi connectivity index (χ0v) is 9.79. The van der Waals surface area contributed by atoms with Crippen molar-refractivity contribution >= 4 is 56.4 Å². The average Bonchev–Trinajstić information content (AvgIpc) is 1.88. The third-order valence-corrected chi connectivity index (χ3v) is 9.26. The molecule has 0 aromatic heterocycles. The molecule has 1 rings (SSSR count). The van der Waals surface area contributed by atoms with Crippen molar-refractivity contribution in [2.24, 2.45) is 0 Å². The van der Waals surface area contributed by atoms with Gasteiger partial charge in [-0.25, -0.2) is 0 Å². The Morgan fingerprint density at radius 2 is 2.20 bits per heavy atom. The first kappa shape index (κ1) is 8.94. The summed E-state index contributed by atoms with van der Waals surface area (Å²) in [5.74, 6) is 0. The van der Waals surface area contributed by atoms with Crippen LogP contribution in [0.25, 0.3) is 0 Å². The van der Waals surface area contributed by atoms with Gasteiger partial charge in [-0.1, -0.05) is 41.5 Å². The van der Waals surface area contributed by atoms with E-state index in [-0.39, 0.29) is 23.6 Å². The zero-order chi connectivity index (χ0) is 7.61. The lowest BCUT2D eigenvalue weighted by atomic mass is 10.8. The maximum Gasteiger partial charge on any atom is 0.300 e. The van der Waals surface area contributed by atoms with Crippen LogP contribution in [0.15, 0.2) is 10.2 Å². The highest BCUT2D eigenvalue weighted by Gasteiger charge is 2.10. The van der Waals surface area contributed by atoms with Gasteiger partial charge in [-0.2, -0.15) is 8.42 Å². The van der Waals surface area contributed by atoms with Gasteiger partial charge in [0, 0.05) is 2.02 Å². The lowest BCUT2D eigenvalue weighted by molar-refractivity contribution is 0.499.